The summed E-state index contributed by atoms with van der Waals surface area (Å²) < 4.78 is 5.34. The summed E-state index contributed by atoms with van der Waals surface area (Å²) in [7, 11) is 0. The lowest BCUT2D eigenvalue weighted by atomic mass is 10.1. The second-order valence-electron chi connectivity index (χ2n) is 7.95. The number of anilines is 3. The molecule has 1 fully saturated rings. The first-order chi connectivity index (χ1) is 15.2. The number of benzene rings is 2. The minimum atomic E-state index is -1.03. The third kappa shape index (κ3) is 5.32. The molecule has 32 heavy (non-hydrogen) atoms. The fourth-order valence-corrected chi connectivity index (χ4v) is 3.53. The van der Waals surface area contributed by atoms with Crippen molar-refractivity contribution in [1.29, 1.82) is 0 Å². The second-order valence-corrected chi connectivity index (χ2v) is 7.95. The lowest BCUT2D eigenvalue weighted by Crippen LogP contribution is -2.33. The van der Waals surface area contributed by atoms with Crippen LogP contribution in [0.25, 0.3) is 0 Å². The Morgan fingerprint density at radius 1 is 1.03 bits per heavy atom. The molecule has 8 heteroatoms. The van der Waals surface area contributed by atoms with E-state index in [4.69, 9.17) is 4.74 Å². The van der Waals surface area contributed by atoms with Gasteiger partial charge in [-0.25, -0.2) is 0 Å². The molecule has 8 nitrogen and oxygen atoms in total. The van der Waals surface area contributed by atoms with Gasteiger partial charge in [0, 0.05) is 37.0 Å². The van der Waals surface area contributed by atoms with Gasteiger partial charge in [-0.05, 0) is 62.2 Å². The van der Waals surface area contributed by atoms with Gasteiger partial charge in [-0.15, -0.1) is 0 Å². The van der Waals surface area contributed by atoms with Crippen molar-refractivity contribution < 1.29 is 23.9 Å². The van der Waals surface area contributed by atoms with Crippen molar-refractivity contribution in [2.24, 2.45) is 5.92 Å². The molecule has 2 aromatic carbocycles. The Hall–Kier alpha value is -3.68. The molecule has 2 N–H and O–H groups in total. The molecule has 1 aliphatic rings. The number of amides is 3. The van der Waals surface area contributed by atoms with Crippen LogP contribution in [0, 0.1) is 19.8 Å². The predicted molar refractivity (Wildman–Crippen MR) is 121 cm³/mol. The maximum absolute atomic E-state index is 12.6. The topological polar surface area (TPSA) is 105 Å². The Kier molecular flexibility index (Phi) is 6.92. The normalized spacial score (nSPS) is 16.4. The maximum Gasteiger partial charge on any atom is 0.312 e. The maximum atomic E-state index is 12.6. The van der Waals surface area contributed by atoms with Gasteiger partial charge in [0.05, 0.1) is 5.92 Å². The first-order valence-corrected chi connectivity index (χ1v) is 10.4. The Labute approximate surface area is 186 Å². The molecule has 0 bridgehead atoms. The molecule has 3 rings (SSSR count). The summed E-state index contributed by atoms with van der Waals surface area (Å²) in [5.41, 5.74) is 3.96. The lowest BCUT2D eigenvalue weighted by molar-refractivity contribution is -0.157. The average Bonchev–Trinajstić information content (AvgIpc) is 3.12. The first kappa shape index (κ1) is 23.0. The zero-order valence-corrected chi connectivity index (χ0v) is 18.6. The Balaban J connectivity index is 1.57. The number of esters is 1. The summed E-state index contributed by atoms with van der Waals surface area (Å²) in [5.74, 6) is -2.02. The van der Waals surface area contributed by atoms with Crippen LogP contribution in [0.15, 0.2) is 42.5 Å². The van der Waals surface area contributed by atoms with Crippen molar-refractivity contribution in [2.75, 3.05) is 22.1 Å². The molecule has 168 valence electrons. The van der Waals surface area contributed by atoms with Crippen LogP contribution in [0.5, 0.6) is 0 Å². The van der Waals surface area contributed by atoms with Crippen LogP contribution < -0.4 is 15.5 Å². The summed E-state index contributed by atoms with van der Waals surface area (Å²) in [6.07, 6.45) is -0.979. The molecule has 2 atom stereocenters. The number of nitrogens with zero attached hydrogens (tertiary/aromatic N) is 1. The van der Waals surface area contributed by atoms with Gasteiger partial charge in [0.1, 0.15) is 0 Å². The number of nitrogens with one attached hydrogen (secondary N) is 2. The Morgan fingerprint density at radius 2 is 1.66 bits per heavy atom. The summed E-state index contributed by atoms with van der Waals surface area (Å²) in [6.45, 7) is 7.03. The van der Waals surface area contributed by atoms with E-state index in [9.17, 15) is 19.2 Å². The van der Waals surface area contributed by atoms with Gasteiger partial charge in [0.25, 0.3) is 5.91 Å². The van der Waals surface area contributed by atoms with Gasteiger partial charge in [-0.1, -0.05) is 12.1 Å². The zero-order chi connectivity index (χ0) is 23.4. The number of hydrogen-bond acceptors (Lipinski definition) is 5. The van der Waals surface area contributed by atoms with Crippen molar-refractivity contribution in [2.45, 2.75) is 40.2 Å². The van der Waals surface area contributed by atoms with E-state index in [1.807, 2.05) is 32.0 Å². The molecule has 0 radical (unpaired) electrons. The van der Waals surface area contributed by atoms with Crippen LogP contribution in [0.1, 0.15) is 31.4 Å². The number of ether oxygens (including phenoxy) is 1. The summed E-state index contributed by atoms with van der Waals surface area (Å²) in [4.78, 5) is 50.2. The summed E-state index contributed by atoms with van der Waals surface area (Å²) in [6, 6.07) is 12.3. The van der Waals surface area contributed by atoms with Crippen LogP contribution in [0.2, 0.25) is 0 Å². The molecule has 1 heterocycles. The fourth-order valence-electron chi connectivity index (χ4n) is 3.53. The minimum Gasteiger partial charge on any atom is -0.452 e. The SMILES string of the molecule is CC(=O)Nc1ccc(NC(=O)[C@H](C)OC(=O)[C@@H]2CC(=O)N(c3cccc(C)c3C)C2)cc1. The molecule has 2 aromatic rings. The highest BCUT2D eigenvalue weighted by Crippen LogP contribution is 2.30. The average molecular weight is 437 g/mol. The van der Waals surface area contributed by atoms with Crippen LogP contribution in [-0.2, 0) is 23.9 Å². The molecule has 0 spiro atoms. The van der Waals surface area contributed by atoms with E-state index in [1.165, 1.54) is 13.8 Å². The van der Waals surface area contributed by atoms with E-state index in [2.05, 4.69) is 10.6 Å². The molecule has 3 amide bonds. The van der Waals surface area contributed by atoms with Crippen molar-refractivity contribution in [3.05, 3.63) is 53.6 Å². The third-order valence-corrected chi connectivity index (χ3v) is 5.46. The largest absolute Gasteiger partial charge is 0.452 e. The van der Waals surface area contributed by atoms with E-state index >= 15 is 0 Å². The Morgan fingerprint density at radius 3 is 2.28 bits per heavy atom. The predicted octanol–water partition coefficient (Wildman–Crippen LogP) is 3.19. The molecule has 0 unspecified atom stereocenters. The molecule has 0 aromatic heterocycles. The number of carbonyl (C=O) groups is 4. The van der Waals surface area contributed by atoms with Crippen LogP contribution in [-0.4, -0.2) is 36.3 Å². The number of aryl methyl sites for hydroxylation is 1. The molecule has 1 saturated heterocycles. The van der Waals surface area contributed by atoms with Crippen LogP contribution in [0.4, 0.5) is 17.1 Å². The zero-order valence-electron chi connectivity index (χ0n) is 18.6. The van der Waals surface area contributed by atoms with Crippen molar-refractivity contribution in [3.8, 4) is 0 Å². The highest BCUT2D eigenvalue weighted by Gasteiger charge is 2.37. The van der Waals surface area contributed by atoms with E-state index in [-0.39, 0.29) is 24.8 Å². The first-order valence-electron chi connectivity index (χ1n) is 10.4. The summed E-state index contributed by atoms with van der Waals surface area (Å²) in [5, 5.41) is 5.31. The van der Waals surface area contributed by atoms with Crippen LogP contribution in [0.3, 0.4) is 0 Å². The van der Waals surface area contributed by atoms with Crippen molar-refractivity contribution >= 4 is 40.8 Å². The van der Waals surface area contributed by atoms with E-state index in [0.717, 1.165) is 16.8 Å². The molecule has 1 aliphatic heterocycles. The van der Waals surface area contributed by atoms with Crippen LogP contribution >= 0.6 is 0 Å². The number of rotatable bonds is 6. The fraction of sp³-hybridized carbons (Fsp3) is 0.333. The van der Waals surface area contributed by atoms with Gasteiger partial charge in [0.15, 0.2) is 6.10 Å². The van der Waals surface area contributed by atoms with Gasteiger partial charge < -0.3 is 20.3 Å². The highest BCUT2D eigenvalue weighted by atomic mass is 16.5. The van der Waals surface area contributed by atoms with E-state index in [1.54, 1.807) is 29.2 Å². The monoisotopic (exact) mass is 437 g/mol. The number of hydrogen-bond donors (Lipinski definition) is 2. The van der Waals surface area contributed by atoms with E-state index < -0.39 is 23.9 Å². The molecule has 0 saturated carbocycles. The second kappa shape index (κ2) is 9.64. The molecular weight excluding hydrogens is 410 g/mol. The third-order valence-electron chi connectivity index (χ3n) is 5.46. The minimum absolute atomic E-state index is 0.0468. The summed E-state index contributed by atoms with van der Waals surface area (Å²) >= 11 is 0. The van der Waals surface area contributed by atoms with Gasteiger partial charge in [-0.2, -0.15) is 0 Å². The molecular formula is C24H27N3O5. The Bertz CT molecular complexity index is 1050. The quantitative estimate of drug-likeness (QED) is 0.676. The lowest BCUT2D eigenvalue weighted by Gasteiger charge is -2.20. The van der Waals surface area contributed by atoms with Gasteiger partial charge in [-0.3, -0.25) is 19.2 Å². The number of carbonyl (C=O) groups excluding carboxylic acids is 4. The highest BCUT2D eigenvalue weighted by molar-refractivity contribution is 6.01. The van der Waals surface area contributed by atoms with Gasteiger partial charge >= 0.3 is 5.97 Å². The van der Waals surface area contributed by atoms with Crippen molar-refractivity contribution in [1.82, 2.24) is 0 Å². The van der Waals surface area contributed by atoms with Gasteiger partial charge in [0.2, 0.25) is 11.8 Å². The van der Waals surface area contributed by atoms with E-state index in [0.29, 0.717) is 11.4 Å². The molecule has 0 aliphatic carbocycles. The smallest absolute Gasteiger partial charge is 0.312 e. The van der Waals surface area contributed by atoms with Crippen molar-refractivity contribution in [3.63, 3.8) is 0 Å². The standard InChI is InChI=1S/C24H27N3O5/c1-14-6-5-7-21(15(14)2)27-13-18(12-22(27)29)24(31)32-16(3)23(30)26-20-10-8-19(9-11-20)25-17(4)28/h5-11,16,18H,12-13H2,1-4H3,(H,25,28)(H,26,30)/t16-,18+/m0/s1.